The highest BCUT2D eigenvalue weighted by atomic mass is 35.5. The highest BCUT2D eigenvalue weighted by Gasteiger charge is 2.32. The molecule has 0 spiro atoms. The Bertz CT molecular complexity index is 1320. The molecule has 3 N–H and O–H groups in total. The SMILES string of the molecule is CC1CC(NC(=O)c2ccc(Nc3ncc4c(n3)-c3ccc(Cl)cc3NC(=O)C4)cc2)CC(C)(C)C1. The Hall–Kier alpha value is -3.45. The van der Waals surface area contributed by atoms with Crippen LogP contribution in [-0.4, -0.2) is 27.8 Å². The maximum absolute atomic E-state index is 12.9. The van der Waals surface area contributed by atoms with E-state index in [0.717, 1.165) is 29.7 Å². The van der Waals surface area contributed by atoms with E-state index < -0.39 is 0 Å². The monoisotopic (exact) mass is 503 g/mol. The first-order chi connectivity index (χ1) is 17.1. The van der Waals surface area contributed by atoms with Crippen molar-refractivity contribution < 1.29 is 9.59 Å². The average Bonchev–Trinajstić information content (AvgIpc) is 2.92. The molecule has 2 amide bonds. The molecular weight excluding hydrogens is 474 g/mol. The van der Waals surface area contributed by atoms with Crippen molar-refractivity contribution in [2.75, 3.05) is 10.6 Å². The van der Waals surface area contributed by atoms with Crippen molar-refractivity contribution in [3.63, 3.8) is 0 Å². The third-order valence-corrected chi connectivity index (χ3v) is 7.09. The third-order valence-electron chi connectivity index (χ3n) is 6.85. The van der Waals surface area contributed by atoms with Gasteiger partial charge >= 0.3 is 0 Å². The van der Waals surface area contributed by atoms with Crippen LogP contribution in [0.2, 0.25) is 5.02 Å². The van der Waals surface area contributed by atoms with Gasteiger partial charge in [-0.05, 0) is 73.1 Å². The van der Waals surface area contributed by atoms with Gasteiger partial charge < -0.3 is 16.0 Å². The van der Waals surface area contributed by atoms with Gasteiger partial charge in [-0.3, -0.25) is 9.59 Å². The van der Waals surface area contributed by atoms with Crippen molar-refractivity contribution in [3.05, 3.63) is 64.8 Å². The lowest BCUT2D eigenvalue weighted by molar-refractivity contribution is -0.115. The Balaban J connectivity index is 1.31. The molecule has 1 aliphatic heterocycles. The van der Waals surface area contributed by atoms with Crippen molar-refractivity contribution in [3.8, 4) is 11.3 Å². The molecule has 0 saturated heterocycles. The summed E-state index contributed by atoms with van der Waals surface area (Å²) in [4.78, 5) is 34.3. The topological polar surface area (TPSA) is 96.0 Å². The molecule has 1 fully saturated rings. The highest BCUT2D eigenvalue weighted by Crippen LogP contribution is 2.38. The summed E-state index contributed by atoms with van der Waals surface area (Å²) < 4.78 is 0. The van der Waals surface area contributed by atoms with Gasteiger partial charge in [0.2, 0.25) is 11.9 Å². The molecule has 1 aliphatic carbocycles. The second-order valence-corrected chi connectivity index (χ2v) is 11.2. The molecule has 0 bridgehead atoms. The molecule has 1 aromatic heterocycles. The lowest BCUT2D eigenvalue weighted by Crippen LogP contribution is -2.42. The largest absolute Gasteiger partial charge is 0.349 e. The molecule has 2 heterocycles. The molecule has 1 saturated carbocycles. The first-order valence-electron chi connectivity index (χ1n) is 12.3. The Labute approximate surface area is 216 Å². The maximum Gasteiger partial charge on any atom is 0.251 e. The van der Waals surface area contributed by atoms with Crippen molar-refractivity contribution in [1.82, 2.24) is 15.3 Å². The zero-order valence-electron chi connectivity index (χ0n) is 20.7. The Morgan fingerprint density at radius 2 is 1.92 bits per heavy atom. The van der Waals surface area contributed by atoms with Crippen LogP contribution in [0.1, 0.15) is 56.0 Å². The summed E-state index contributed by atoms with van der Waals surface area (Å²) in [6, 6.07) is 12.8. The number of hydrogen-bond acceptors (Lipinski definition) is 5. The van der Waals surface area contributed by atoms with E-state index in [0.29, 0.717) is 33.8 Å². The molecular formula is C28H30ClN5O2. The van der Waals surface area contributed by atoms with Gasteiger partial charge in [-0.25, -0.2) is 9.97 Å². The molecule has 3 aromatic rings. The summed E-state index contributed by atoms with van der Waals surface area (Å²) in [6.45, 7) is 6.80. The van der Waals surface area contributed by atoms with E-state index in [2.05, 4.69) is 41.7 Å². The van der Waals surface area contributed by atoms with Crippen LogP contribution in [0.3, 0.4) is 0 Å². The predicted molar refractivity (Wildman–Crippen MR) is 143 cm³/mol. The van der Waals surface area contributed by atoms with Crippen LogP contribution in [0.15, 0.2) is 48.7 Å². The van der Waals surface area contributed by atoms with E-state index in [1.807, 2.05) is 18.2 Å². The van der Waals surface area contributed by atoms with Crippen molar-refractivity contribution >= 4 is 40.7 Å². The lowest BCUT2D eigenvalue weighted by Gasteiger charge is -2.39. The number of amides is 2. The summed E-state index contributed by atoms with van der Waals surface area (Å²) in [7, 11) is 0. The van der Waals surface area contributed by atoms with Crippen LogP contribution in [0, 0.1) is 11.3 Å². The second-order valence-electron chi connectivity index (χ2n) is 10.8. The number of aromatic nitrogens is 2. The molecule has 2 atom stereocenters. The molecule has 2 aromatic carbocycles. The quantitative estimate of drug-likeness (QED) is 0.407. The summed E-state index contributed by atoms with van der Waals surface area (Å²) in [5.74, 6) is 0.816. The van der Waals surface area contributed by atoms with Crippen molar-refractivity contribution in [2.45, 2.75) is 52.5 Å². The average molecular weight is 504 g/mol. The molecule has 0 radical (unpaired) electrons. The number of carbonyl (C=O) groups is 2. The van der Waals surface area contributed by atoms with Crippen LogP contribution in [0.4, 0.5) is 17.3 Å². The Morgan fingerprint density at radius 3 is 2.67 bits per heavy atom. The number of rotatable bonds is 4. The Morgan fingerprint density at radius 1 is 1.14 bits per heavy atom. The molecule has 2 aliphatic rings. The fourth-order valence-corrected chi connectivity index (χ4v) is 5.75. The van der Waals surface area contributed by atoms with Gasteiger partial charge in [0.25, 0.3) is 5.91 Å². The van der Waals surface area contributed by atoms with Gasteiger partial charge in [0.1, 0.15) is 0 Å². The van der Waals surface area contributed by atoms with E-state index in [1.165, 1.54) is 6.42 Å². The number of nitrogens with one attached hydrogen (secondary N) is 3. The number of benzene rings is 2. The smallest absolute Gasteiger partial charge is 0.251 e. The second kappa shape index (κ2) is 9.54. The standard InChI is InChI=1S/C28H30ClN5O2/c1-16-10-21(14-28(2,3)13-16)31-26(36)17-4-7-20(8-5-17)32-27-30-15-18-11-24(35)33-23-12-19(29)6-9-22(23)25(18)34-27/h4-9,12,15-16,21H,10-11,13-14H2,1-3H3,(H,31,36)(H,33,35)(H,30,32,34). The minimum atomic E-state index is -0.137. The fourth-order valence-electron chi connectivity index (χ4n) is 5.58. The molecule has 186 valence electrons. The van der Waals surface area contributed by atoms with E-state index in [1.54, 1.807) is 30.5 Å². The first kappa shape index (κ1) is 24.3. The predicted octanol–water partition coefficient (Wildman–Crippen LogP) is 5.98. The van der Waals surface area contributed by atoms with E-state index in [-0.39, 0.29) is 29.7 Å². The number of hydrogen-bond donors (Lipinski definition) is 3. The number of anilines is 3. The minimum absolute atomic E-state index is 0.0508. The summed E-state index contributed by atoms with van der Waals surface area (Å²) >= 11 is 6.13. The molecule has 2 unspecified atom stereocenters. The van der Waals surface area contributed by atoms with Crippen LogP contribution < -0.4 is 16.0 Å². The zero-order chi connectivity index (χ0) is 25.4. The minimum Gasteiger partial charge on any atom is -0.349 e. The molecule has 7 nitrogen and oxygen atoms in total. The van der Waals surface area contributed by atoms with Gasteiger partial charge in [-0.2, -0.15) is 0 Å². The fraction of sp³-hybridized carbons (Fsp3) is 0.357. The van der Waals surface area contributed by atoms with Crippen LogP contribution in [0.25, 0.3) is 11.3 Å². The number of fused-ring (bicyclic) bond motifs is 3. The van der Waals surface area contributed by atoms with Gasteiger partial charge in [-0.15, -0.1) is 0 Å². The van der Waals surface area contributed by atoms with E-state index in [4.69, 9.17) is 16.6 Å². The summed E-state index contributed by atoms with van der Waals surface area (Å²) in [5, 5.41) is 9.85. The van der Waals surface area contributed by atoms with Gasteiger partial charge in [0, 0.05) is 39.6 Å². The molecule has 36 heavy (non-hydrogen) atoms. The zero-order valence-corrected chi connectivity index (χ0v) is 21.4. The number of carbonyl (C=O) groups excluding carboxylic acids is 2. The first-order valence-corrected chi connectivity index (χ1v) is 12.7. The summed E-state index contributed by atoms with van der Waals surface area (Å²) in [6.07, 6.45) is 5.05. The van der Waals surface area contributed by atoms with E-state index >= 15 is 0 Å². The Kier molecular flexibility index (Phi) is 6.43. The number of nitrogens with zero attached hydrogens (tertiary/aromatic N) is 2. The molecule has 8 heteroatoms. The van der Waals surface area contributed by atoms with Crippen molar-refractivity contribution in [2.24, 2.45) is 11.3 Å². The van der Waals surface area contributed by atoms with Crippen LogP contribution >= 0.6 is 11.6 Å². The summed E-state index contributed by atoms with van der Waals surface area (Å²) in [5.41, 5.74) is 4.46. The van der Waals surface area contributed by atoms with Gasteiger partial charge in [-0.1, -0.05) is 32.4 Å². The van der Waals surface area contributed by atoms with Gasteiger partial charge in [0.15, 0.2) is 0 Å². The van der Waals surface area contributed by atoms with Gasteiger partial charge in [0.05, 0.1) is 17.8 Å². The van der Waals surface area contributed by atoms with Crippen LogP contribution in [-0.2, 0) is 11.2 Å². The molecule has 5 rings (SSSR count). The van der Waals surface area contributed by atoms with E-state index in [9.17, 15) is 9.59 Å². The lowest BCUT2D eigenvalue weighted by atomic mass is 9.70. The maximum atomic E-state index is 12.9. The van der Waals surface area contributed by atoms with Crippen LogP contribution in [0.5, 0.6) is 0 Å². The highest BCUT2D eigenvalue weighted by molar-refractivity contribution is 6.31. The normalized spacial score (nSPS) is 20.4. The third kappa shape index (κ3) is 5.36. The number of halogens is 1. The van der Waals surface area contributed by atoms with Crippen molar-refractivity contribution in [1.29, 1.82) is 0 Å².